The first-order valence-corrected chi connectivity index (χ1v) is 12.1. The Balaban J connectivity index is 1.62. The molecule has 0 aliphatic carbocycles. The minimum atomic E-state index is -1.11. The van der Waals surface area contributed by atoms with Gasteiger partial charge in [0.2, 0.25) is 0 Å². The molecule has 1 aliphatic rings. The molecule has 8 nitrogen and oxygen atoms in total. The van der Waals surface area contributed by atoms with Crippen molar-refractivity contribution in [2.75, 3.05) is 50.0 Å². The van der Waals surface area contributed by atoms with E-state index in [9.17, 15) is 10.4 Å². The number of piperazine rings is 1. The number of benzene rings is 2. The highest BCUT2D eigenvalue weighted by Gasteiger charge is 2.34. The fraction of sp³-hybridized carbons (Fsp3) is 0.333. The minimum Gasteiger partial charge on any atom is -0.491 e. The molecule has 36 heavy (non-hydrogen) atoms. The largest absolute Gasteiger partial charge is 0.491 e. The molecule has 0 saturated carbocycles. The molecule has 0 spiro atoms. The van der Waals surface area contributed by atoms with Crippen molar-refractivity contribution in [1.82, 2.24) is 9.88 Å². The quantitative estimate of drug-likeness (QED) is 0.425. The van der Waals surface area contributed by atoms with E-state index in [-0.39, 0.29) is 19.3 Å². The van der Waals surface area contributed by atoms with Crippen LogP contribution >= 0.6 is 11.6 Å². The number of hydrogen-bond acceptors (Lipinski definition) is 8. The molecule has 188 valence electrons. The highest BCUT2D eigenvalue weighted by atomic mass is 35.5. The molecule has 0 radical (unpaired) electrons. The number of nitrogens with zero attached hydrogens (tertiary/aromatic N) is 4. The first-order chi connectivity index (χ1) is 17.3. The van der Waals surface area contributed by atoms with E-state index in [1.165, 1.54) is 0 Å². The number of halogens is 1. The summed E-state index contributed by atoms with van der Waals surface area (Å²) in [7, 11) is 0. The molecular weight excluding hydrogens is 478 g/mol. The van der Waals surface area contributed by atoms with Crippen LogP contribution in [0, 0.1) is 11.3 Å². The average Bonchev–Trinajstić information content (AvgIpc) is 2.88. The van der Waals surface area contributed by atoms with Crippen molar-refractivity contribution >= 4 is 23.1 Å². The summed E-state index contributed by atoms with van der Waals surface area (Å²) in [6.07, 6.45) is 1.61. The third-order valence-corrected chi connectivity index (χ3v) is 6.67. The summed E-state index contributed by atoms with van der Waals surface area (Å²) in [6, 6.07) is 18.8. The zero-order valence-electron chi connectivity index (χ0n) is 20.1. The SMILES string of the molecule is C[C@@](O)(CN1CCN(c2ccc(OCCO)cc2C#N)[C@H](c2ccc(Cl)cc2)C1)c1ccc(N)nc1. The van der Waals surface area contributed by atoms with Gasteiger partial charge >= 0.3 is 0 Å². The van der Waals surface area contributed by atoms with Crippen LogP contribution in [0.15, 0.2) is 60.8 Å². The van der Waals surface area contributed by atoms with E-state index in [2.05, 4.69) is 20.9 Å². The van der Waals surface area contributed by atoms with Crippen molar-refractivity contribution in [2.24, 2.45) is 0 Å². The Kier molecular flexibility index (Phi) is 7.97. The number of anilines is 2. The zero-order valence-corrected chi connectivity index (χ0v) is 20.9. The Labute approximate surface area is 216 Å². The third kappa shape index (κ3) is 5.89. The second kappa shape index (κ2) is 11.1. The first-order valence-electron chi connectivity index (χ1n) is 11.8. The van der Waals surface area contributed by atoms with Gasteiger partial charge in [-0.05, 0) is 48.9 Å². The monoisotopic (exact) mass is 507 g/mol. The number of hydrogen-bond donors (Lipinski definition) is 3. The van der Waals surface area contributed by atoms with E-state index in [4.69, 9.17) is 27.2 Å². The van der Waals surface area contributed by atoms with E-state index in [1.54, 1.807) is 31.3 Å². The van der Waals surface area contributed by atoms with Gasteiger partial charge in [0, 0.05) is 43.0 Å². The predicted octanol–water partition coefficient (Wildman–Crippen LogP) is 3.33. The topological polar surface area (TPSA) is 119 Å². The third-order valence-electron chi connectivity index (χ3n) is 6.42. The maximum Gasteiger partial charge on any atom is 0.123 e. The molecule has 2 aromatic carbocycles. The zero-order chi connectivity index (χ0) is 25.7. The number of pyridine rings is 1. The van der Waals surface area contributed by atoms with Gasteiger partial charge in [0.25, 0.3) is 0 Å². The van der Waals surface area contributed by atoms with E-state index in [0.29, 0.717) is 53.9 Å². The molecule has 0 bridgehead atoms. The van der Waals surface area contributed by atoms with Gasteiger partial charge in [-0.2, -0.15) is 5.26 Å². The van der Waals surface area contributed by atoms with Crippen LogP contribution in [-0.4, -0.2) is 59.5 Å². The van der Waals surface area contributed by atoms with Crippen LogP contribution in [0.3, 0.4) is 0 Å². The number of rotatable bonds is 8. The lowest BCUT2D eigenvalue weighted by Gasteiger charge is -2.45. The van der Waals surface area contributed by atoms with E-state index < -0.39 is 5.60 Å². The van der Waals surface area contributed by atoms with Crippen molar-refractivity contribution in [1.29, 1.82) is 5.26 Å². The van der Waals surface area contributed by atoms with Gasteiger partial charge in [-0.1, -0.05) is 29.8 Å². The van der Waals surface area contributed by atoms with E-state index >= 15 is 0 Å². The first kappa shape index (κ1) is 25.7. The summed E-state index contributed by atoms with van der Waals surface area (Å²) in [4.78, 5) is 8.56. The van der Waals surface area contributed by atoms with Crippen molar-refractivity contribution in [3.8, 4) is 11.8 Å². The average molecular weight is 508 g/mol. The van der Waals surface area contributed by atoms with Crippen molar-refractivity contribution < 1.29 is 14.9 Å². The fourth-order valence-corrected chi connectivity index (χ4v) is 4.73. The molecule has 1 aromatic heterocycles. The maximum absolute atomic E-state index is 11.3. The number of aliphatic hydroxyl groups excluding tert-OH is 1. The smallest absolute Gasteiger partial charge is 0.123 e. The van der Waals surface area contributed by atoms with Gasteiger partial charge in [-0.3, -0.25) is 4.90 Å². The number of nitrogens with two attached hydrogens (primary N) is 1. The molecule has 1 aliphatic heterocycles. The second-order valence-corrected chi connectivity index (χ2v) is 9.54. The van der Waals surface area contributed by atoms with Crippen molar-refractivity contribution in [2.45, 2.75) is 18.6 Å². The molecule has 0 unspecified atom stereocenters. The molecule has 4 rings (SSSR count). The molecular formula is C27H30ClN5O3. The van der Waals surface area contributed by atoms with Crippen LogP contribution in [0.25, 0.3) is 0 Å². The molecule has 0 amide bonds. The molecule has 9 heteroatoms. The molecule has 1 saturated heterocycles. The van der Waals surface area contributed by atoms with Crippen LogP contribution in [0.1, 0.15) is 29.7 Å². The highest BCUT2D eigenvalue weighted by molar-refractivity contribution is 6.30. The van der Waals surface area contributed by atoms with Crippen LogP contribution in [0.2, 0.25) is 5.02 Å². The summed E-state index contributed by atoms with van der Waals surface area (Å²) in [5.74, 6) is 0.950. The van der Waals surface area contributed by atoms with Gasteiger partial charge in [0.05, 0.1) is 23.9 Å². The summed E-state index contributed by atoms with van der Waals surface area (Å²) >= 11 is 6.16. The lowest BCUT2D eigenvalue weighted by Crippen LogP contribution is -2.52. The number of nitrogen functional groups attached to an aromatic ring is 1. The standard InChI is InChI=1S/C27H30ClN5O3/c1-27(35,21-4-9-26(30)31-16-21)18-32-10-11-33(25(17-32)19-2-5-22(28)6-3-19)24-8-7-23(36-13-12-34)14-20(24)15-29/h2-9,14,16,25,34-35H,10-13,17-18H2,1H3,(H2,30,31)/t25-,27+/m0/s1. The molecule has 2 heterocycles. The summed E-state index contributed by atoms with van der Waals surface area (Å²) in [5, 5.41) is 30.8. The van der Waals surface area contributed by atoms with Gasteiger partial charge in [-0.25, -0.2) is 4.98 Å². The number of nitriles is 1. The molecule has 4 N–H and O–H groups in total. The van der Waals surface area contributed by atoms with Gasteiger partial charge in [0.15, 0.2) is 0 Å². The molecule has 2 atom stereocenters. The van der Waals surface area contributed by atoms with Crippen LogP contribution in [0.5, 0.6) is 5.75 Å². The van der Waals surface area contributed by atoms with Crippen molar-refractivity contribution in [3.05, 3.63) is 82.5 Å². The number of β-amino-alcohol motifs (C(OH)–C–C–N with tert-alkyl or cyclic N) is 1. The summed E-state index contributed by atoms with van der Waals surface area (Å²) < 4.78 is 5.50. The Morgan fingerprint density at radius 3 is 2.64 bits per heavy atom. The Morgan fingerprint density at radius 1 is 1.19 bits per heavy atom. The van der Waals surface area contributed by atoms with Crippen LogP contribution in [-0.2, 0) is 5.60 Å². The Hall–Kier alpha value is -3.35. The molecule has 3 aromatic rings. The number of aliphatic hydroxyl groups is 2. The Bertz CT molecular complexity index is 1210. The predicted molar refractivity (Wildman–Crippen MR) is 140 cm³/mol. The summed E-state index contributed by atoms with van der Waals surface area (Å²) in [6.45, 7) is 4.23. The van der Waals surface area contributed by atoms with Gasteiger partial charge in [0.1, 0.15) is 29.8 Å². The van der Waals surface area contributed by atoms with Gasteiger partial charge in [-0.15, -0.1) is 0 Å². The van der Waals surface area contributed by atoms with Crippen molar-refractivity contribution in [3.63, 3.8) is 0 Å². The van der Waals surface area contributed by atoms with Crippen LogP contribution in [0.4, 0.5) is 11.5 Å². The lowest BCUT2D eigenvalue weighted by atomic mass is 9.94. The van der Waals surface area contributed by atoms with E-state index in [1.807, 2.05) is 36.4 Å². The van der Waals surface area contributed by atoms with Crippen LogP contribution < -0.4 is 15.4 Å². The molecule has 1 fully saturated rings. The number of ether oxygens (including phenoxy) is 1. The van der Waals surface area contributed by atoms with Gasteiger partial charge < -0.3 is 25.6 Å². The fourth-order valence-electron chi connectivity index (χ4n) is 4.60. The maximum atomic E-state index is 11.3. The second-order valence-electron chi connectivity index (χ2n) is 9.10. The normalized spacial score (nSPS) is 17.9. The minimum absolute atomic E-state index is 0.0762. The summed E-state index contributed by atoms with van der Waals surface area (Å²) in [5.41, 5.74) is 7.67. The lowest BCUT2D eigenvalue weighted by molar-refractivity contribution is 0.0100. The number of aromatic nitrogens is 1. The Morgan fingerprint density at radius 2 is 1.97 bits per heavy atom. The highest BCUT2D eigenvalue weighted by Crippen LogP contribution is 2.36. The van der Waals surface area contributed by atoms with E-state index in [0.717, 1.165) is 11.3 Å².